The molecule has 1 heterocycles. The number of rotatable bonds is 8. The van der Waals surface area contributed by atoms with Gasteiger partial charge < -0.3 is 25.3 Å². The number of fused-ring (bicyclic) bond motifs is 1. The molecule has 4 N–H and O–H groups in total. The van der Waals surface area contributed by atoms with Crippen LogP contribution in [0.15, 0.2) is 28.7 Å². The highest BCUT2D eigenvalue weighted by atomic mass is 16.5. The number of carboxylic acid groups (broad SMARTS) is 1. The Labute approximate surface area is 120 Å². The summed E-state index contributed by atoms with van der Waals surface area (Å²) in [5, 5.41) is 13.0. The molecule has 0 spiro atoms. The van der Waals surface area contributed by atoms with E-state index in [-0.39, 0.29) is 12.4 Å². The maximum Gasteiger partial charge on any atom is 0.372 e. The Kier molecular flexibility index (Phi) is 4.91. The average molecular weight is 292 g/mol. The zero-order valence-corrected chi connectivity index (χ0v) is 11.3. The molecule has 7 heteroatoms. The maximum absolute atomic E-state index is 11.2. The standard InChI is InChI=1S/C14H16N2O5/c15-12(17)8-20-6-5-16-7-10-9-3-1-2-4-11(9)21-13(10)14(18)19/h1-4,16H,5-8H2,(H2,15,17)(H,18,19). The number of hydrogen-bond donors (Lipinski definition) is 3. The first kappa shape index (κ1) is 15.0. The van der Waals surface area contributed by atoms with Crippen molar-refractivity contribution in [2.45, 2.75) is 6.54 Å². The molecule has 0 unspecified atom stereocenters. The van der Waals surface area contributed by atoms with E-state index in [9.17, 15) is 14.7 Å². The van der Waals surface area contributed by atoms with Crippen LogP contribution in [0.4, 0.5) is 0 Å². The fourth-order valence-corrected chi connectivity index (χ4v) is 1.98. The smallest absolute Gasteiger partial charge is 0.372 e. The molecule has 0 saturated heterocycles. The van der Waals surface area contributed by atoms with Crippen LogP contribution >= 0.6 is 0 Å². The fourth-order valence-electron chi connectivity index (χ4n) is 1.98. The minimum atomic E-state index is -1.10. The monoisotopic (exact) mass is 292 g/mol. The number of furan rings is 1. The lowest BCUT2D eigenvalue weighted by molar-refractivity contribution is -0.122. The third-order valence-corrected chi connectivity index (χ3v) is 2.86. The number of primary amides is 1. The molecule has 0 fully saturated rings. The lowest BCUT2D eigenvalue weighted by Gasteiger charge is -2.05. The van der Waals surface area contributed by atoms with Crippen LogP contribution in [0.25, 0.3) is 11.0 Å². The van der Waals surface area contributed by atoms with Crippen molar-refractivity contribution in [3.8, 4) is 0 Å². The summed E-state index contributed by atoms with van der Waals surface area (Å²) in [4.78, 5) is 21.7. The number of hydrogen-bond acceptors (Lipinski definition) is 5. The van der Waals surface area contributed by atoms with Crippen LogP contribution < -0.4 is 11.1 Å². The maximum atomic E-state index is 11.2. The minimum Gasteiger partial charge on any atom is -0.475 e. The summed E-state index contributed by atoms with van der Waals surface area (Å²) in [7, 11) is 0. The normalized spacial score (nSPS) is 10.9. The van der Waals surface area contributed by atoms with Gasteiger partial charge >= 0.3 is 5.97 Å². The van der Waals surface area contributed by atoms with Crippen LogP contribution in [0, 0.1) is 0 Å². The second kappa shape index (κ2) is 6.87. The summed E-state index contributed by atoms with van der Waals surface area (Å²) in [6.07, 6.45) is 0. The van der Waals surface area contributed by atoms with Gasteiger partial charge in [-0.2, -0.15) is 0 Å². The SMILES string of the molecule is NC(=O)COCCNCc1c(C(=O)O)oc2ccccc12. The van der Waals surface area contributed by atoms with Gasteiger partial charge in [0.2, 0.25) is 11.7 Å². The van der Waals surface area contributed by atoms with E-state index in [2.05, 4.69) is 5.32 Å². The number of carboxylic acids is 1. The zero-order valence-electron chi connectivity index (χ0n) is 11.3. The van der Waals surface area contributed by atoms with Gasteiger partial charge in [0.15, 0.2) is 0 Å². The van der Waals surface area contributed by atoms with Crippen molar-refractivity contribution in [1.29, 1.82) is 0 Å². The van der Waals surface area contributed by atoms with Crippen LogP contribution in [0.1, 0.15) is 16.1 Å². The number of para-hydroxylation sites is 1. The van der Waals surface area contributed by atoms with Crippen molar-refractivity contribution in [3.05, 3.63) is 35.6 Å². The Hall–Kier alpha value is -2.38. The van der Waals surface area contributed by atoms with Gasteiger partial charge in [0.1, 0.15) is 12.2 Å². The average Bonchev–Trinajstić information content (AvgIpc) is 2.81. The molecule has 0 bridgehead atoms. The van der Waals surface area contributed by atoms with Crippen molar-refractivity contribution in [2.24, 2.45) is 5.73 Å². The van der Waals surface area contributed by atoms with E-state index in [1.165, 1.54) is 0 Å². The molecule has 0 aliphatic heterocycles. The molecule has 0 aliphatic rings. The molecule has 2 rings (SSSR count). The molecule has 112 valence electrons. The summed E-state index contributed by atoms with van der Waals surface area (Å²) in [5.74, 6) is -1.70. The quantitative estimate of drug-likeness (QED) is 0.618. The molecule has 7 nitrogen and oxygen atoms in total. The van der Waals surface area contributed by atoms with E-state index in [1.54, 1.807) is 12.1 Å². The van der Waals surface area contributed by atoms with Crippen molar-refractivity contribution in [2.75, 3.05) is 19.8 Å². The molecule has 21 heavy (non-hydrogen) atoms. The van der Waals surface area contributed by atoms with Gasteiger partial charge in [-0.3, -0.25) is 4.79 Å². The van der Waals surface area contributed by atoms with Crippen LogP contribution in [-0.4, -0.2) is 36.7 Å². The molecular formula is C14H16N2O5. The Morgan fingerprint density at radius 3 is 2.81 bits per heavy atom. The lowest BCUT2D eigenvalue weighted by Crippen LogP contribution is -2.24. The molecule has 0 saturated carbocycles. The second-order valence-corrected chi connectivity index (χ2v) is 4.41. The molecule has 2 aromatic rings. The van der Waals surface area contributed by atoms with Crippen molar-refractivity contribution >= 4 is 22.8 Å². The summed E-state index contributed by atoms with van der Waals surface area (Å²) >= 11 is 0. The molecule has 0 radical (unpaired) electrons. The Morgan fingerprint density at radius 1 is 1.33 bits per heavy atom. The number of amides is 1. The highest BCUT2D eigenvalue weighted by Crippen LogP contribution is 2.25. The third kappa shape index (κ3) is 3.80. The molecule has 1 aromatic carbocycles. The van der Waals surface area contributed by atoms with Gasteiger partial charge in [0.05, 0.1) is 6.61 Å². The molecule has 1 amide bonds. The van der Waals surface area contributed by atoms with Crippen LogP contribution in [0.3, 0.4) is 0 Å². The van der Waals surface area contributed by atoms with E-state index in [0.717, 1.165) is 5.39 Å². The van der Waals surface area contributed by atoms with E-state index >= 15 is 0 Å². The Balaban J connectivity index is 1.99. The van der Waals surface area contributed by atoms with E-state index in [1.807, 2.05) is 12.1 Å². The number of nitrogens with one attached hydrogen (secondary N) is 1. The van der Waals surface area contributed by atoms with Gasteiger partial charge in [-0.25, -0.2) is 4.79 Å². The highest BCUT2D eigenvalue weighted by Gasteiger charge is 2.18. The number of nitrogens with two attached hydrogens (primary N) is 1. The predicted octanol–water partition coefficient (Wildman–Crippen LogP) is 0.722. The molecular weight excluding hydrogens is 276 g/mol. The first-order chi connectivity index (χ1) is 10.1. The second-order valence-electron chi connectivity index (χ2n) is 4.41. The van der Waals surface area contributed by atoms with E-state index < -0.39 is 11.9 Å². The van der Waals surface area contributed by atoms with E-state index in [0.29, 0.717) is 30.8 Å². The lowest BCUT2D eigenvalue weighted by atomic mass is 10.1. The highest BCUT2D eigenvalue weighted by molar-refractivity contribution is 5.95. The number of benzene rings is 1. The van der Waals surface area contributed by atoms with Gasteiger partial charge in [-0.05, 0) is 6.07 Å². The summed E-state index contributed by atoms with van der Waals surface area (Å²) in [6.45, 7) is 0.974. The first-order valence-electron chi connectivity index (χ1n) is 6.40. The largest absolute Gasteiger partial charge is 0.475 e. The molecule has 0 atom stereocenters. The Bertz CT molecular complexity index is 650. The van der Waals surface area contributed by atoms with E-state index in [4.69, 9.17) is 14.9 Å². The molecule has 0 aliphatic carbocycles. The Morgan fingerprint density at radius 2 is 2.10 bits per heavy atom. The van der Waals surface area contributed by atoms with Crippen LogP contribution in [0.5, 0.6) is 0 Å². The van der Waals surface area contributed by atoms with Crippen molar-refractivity contribution in [1.82, 2.24) is 5.32 Å². The van der Waals surface area contributed by atoms with Gasteiger partial charge in [-0.15, -0.1) is 0 Å². The summed E-state index contributed by atoms with van der Waals surface area (Å²) in [5.41, 5.74) is 6.07. The van der Waals surface area contributed by atoms with Crippen LogP contribution in [0.2, 0.25) is 0 Å². The van der Waals surface area contributed by atoms with Gasteiger partial charge in [-0.1, -0.05) is 18.2 Å². The van der Waals surface area contributed by atoms with Gasteiger partial charge in [0, 0.05) is 24.0 Å². The minimum absolute atomic E-state index is 0.0678. The summed E-state index contributed by atoms with van der Waals surface area (Å²) in [6, 6.07) is 7.14. The fraction of sp³-hybridized carbons (Fsp3) is 0.286. The predicted molar refractivity (Wildman–Crippen MR) is 74.9 cm³/mol. The van der Waals surface area contributed by atoms with Crippen molar-refractivity contribution < 1.29 is 23.8 Å². The van der Waals surface area contributed by atoms with Crippen LogP contribution in [-0.2, 0) is 16.1 Å². The topological polar surface area (TPSA) is 115 Å². The molecule has 1 aromatic heterocycles. The van der Waals surface area contributed by atoms with Gasteiger partial charge in [0.25, 0.3) is 0 Å². The zero-order chi connectivity index (χ0) is 15.2. The van der Waals surface area contributed by atoms with Crippen molar-refractivity contribution in [3.63, 3.8) is 0 Å². The third-order valence-electron chi connectivity index (χ3n) is 2.86. The number of aromatic carboxylic acids is 1. The number of carbonyl (C=O) groups is 2. The number of ether oxygens (including phenoxy) is 1. The summed E-state index contributed by atoms with van der Waals surface area (Å²) < 4.78 is 10.3. The first-order valence-corrected chi connectivity index (χ1v) is 6.40. The number of carbonyl (C=O) groups excluding carboxylic acids is 1.